The molecular weight excluding hydrogens is 232 g/mol. The third kappa shape index (κ3) is 2.18. The maximum Gasteiger partial charge on any atom is 0.322 e. The zero-order valence-electron chi connectivity index (χ0n) is 10.3. The van der Waals surface area contributed by atoms with Gasteiger partial charge in [0.15, 0.2) is 5.78 Å². The summed E-state index contributed by atoms with van der Waals surface area (Å²) >= 11 is 0. The third-order valence-electron chi connectivity index (χ3n) is 3.08. The van der Waals surface area contributed by atoms with Gasteiger partial charge in [0.05, 0.1) is 5.56 Å². The Labute approximate surface area is 105 Å². The van der Waals surface area contributed by atoms with Crippen molar-refractivity contribution in [3.05, 3.63) is 29.8 Å². The van der Waals surface area contributed by atoms with Gasteiger partial charge in [-0.3, -0.25) is 9.59 Å². The van der Waals surface area contributed by atoms with Gasteiger partial charge in [-0.2, -0.15) is 0 Å². The van der Waals surface area contributed by atoms with E-state index in [-0.39, 0.29) is 23.9 Å². The highest BCUT2D eigenvalue weighted by Crippen LogP contribution is 2.32. The molecule has 1 aliphatic rings. The van der Waals surface area contributed by atoms with E-state index in [4.69, 9.17) is 4.74 Å². The molecule has 1 aromatic rings. The number of ether oxygens (including phenoxy) is 1. The molecule has 0 aliphatic carbocycles. The molecule has 2 unspecified atom stereocenters. The van der Waals surface area contributed by atoms with Crippen LogP contribution in [0, 0.1) is 11.8 Å². The number of esters is 1. The van der Waals surface area contributed by atoms with E-state index in [0.29, 0.717) is 11.3 Å². The predicted octanol–water partition coefficient (Wildman–Crippen LogP) is 2.02. The molecule has 2 rings (SSSR count). The second kappa shape index (κ2) is 4.72. The minimum absolute atomic E-state index is 0.0399. The minimum atomic E-state index is -0.871. The lowest BCUT2D eigenvalue weighted by molar-refractivity contribution is -0.139. The first kappa shape index (κ1) is 12.5. The summed E-state index contributed by atoms with van der Waals surface area (Å²) in [6.45, 7) is 3.17. The van der Waals surface area contributed by atoms with Crippen molar-refractivity contribution in [2.24, 2.45) is 11.8 Å². The maximum atomic E-state index is 12.2. The summed E-state index contributed by atoms with van der Waals surface area (Å²) in [6, 6.07) is 6.66. The highest BCUT2D eigenvalue weighted by atomic mass is 16.5. The number of carbonyl (C=O) groups is 3. The zero-order valence-corrected chi connectivity index (χ0v) is 10.3. The topological polar surface area (TPSA) is 60.4 Å². The Kier molecular flexibility index (Phi) is 3.28. The molecule has 0 N–H and O–H groups in total. The van der Waals surface area contributed by atoms with Crippen LogP contribution in [0.3, 0.4) is 0 Å². The van der Waals surface area contributed by atoms with Crippen molar-refractivity contribution in [3.63, 3.8) is 0 Å². The average Bonchev–Trinajstić information content (AvgIpc) is 2.27. The van der Waals surface area contributed by atoms with Crippen molar-refractivity contribution in [1.29, 1.82) is 0 Å². The summed E-state index contributed by atoms with van der Waals surface area (Å²) in [5, 5.41) is 0. The molecule has 4 nitrogen and oxygen atoms in total. The molecule has 0 radical (unpaired) electrons. The SMILES string of the molecule is CC(=O)CC(C)C1C(=O)Oc2ccccc2C1=O. The number of Topliss-reactive ketones (excluding diaryl/α,β-unsaturated/α-hetero) is 2. The Balaban J connectivity index is 2.32. The molecule has 18 heavy (non-hydrogen) atoms. The molecule has 0 saturated carbocycles. The molecular formula is C14H14O4. The molecule has 2 atom stereocenters. The van der Waals surface area contributed by atoms with Crippen LogP contribution in [0.15, 0.2) is 24.3 Å². The van der Waals surface area contributed by atoms with Gasteiger partial charge in [0, 0.05) is 6.42 Å². The number of benzene rings is 1. The molecule has 1 aliphatic heterocycles. The van der Waals surface area contributed by atoms with Gasteiger partial charge in [0.25, 0.3) is 0 Å². The molecule has 0 saturated heterocycles. The van der Waals surface area contributed by atoms with Crippen molar-refractivity contribution >= 4 is 17.5 Å². The van der Waals surface area contributed by atoms with E-state index in [1.165, 1.54) is 6.92 Å². The molecule has 1 aromatic carbocycles. The third-order valence-corrected chi connectivity index (χ3v) is 3.08. The van der Waals surface area contributed by atoms with Gasteiger partial charge in [-0.05, 0) is 25.0 Å². The van der Waals surface area contributed by atoms with E-state index in [1.54, 1.807) is 31.2 Å². The first-order valence-corrected chi connectivity index (χ1v) is 5.85. The van der Waals surface area contributed by atoms with Crippen molar-refractivity contribution in [3.8, 4) is 5.75 Å². The van der Waals surface area contributed by atoms with E-state index in [1.807, 2.05) is 0 Å². The Morgan fingerprint density at radius 1 is 1.33 bits per heavy atom. The van der Waals surface area contributed by atoms with E-state index in [2.05, 4.69) is 0 Å². The van der Waals surface area contributed by atoms with Crippen molar-refractivity contribution < 1.29 is 19.1 Å². The van der Waals surface area contributed by atoms with Gasteiger partial charge in [-0.1, -0.05) is 19.1 Å². The van der Waals surface area contributed by atoms with Gasteiger partial charge in [-0.25, -0.2) is 0 Å². The van der Waals surface area contributed by atoms with Crippen LogP contribution in [-0.2, 0) is 9.59 Å². The van der Waals surface area contributed by atoms with Gasteiger partial charge >= 0.3 is 5.97 Å². The lowest BCUT2D eigenvalue weighted by atomic mass is 9.82. The predicted molar refractivity (Wildman–Crippen MR) is 64.4 cm³/mol. The van der Waals surface area contributed by atoms with Crippen LogP contribution < -0.4 is 4.74 Å². The lowest BCUT2D eigenvalue weighted by Gasteiger charge is -2.25. The molecule has 0 aromatic heterocycles. The largest absolute Gasteiger partial charge is 0.425 e. The second-order valence-electron chi connectivity index (χ2n) is 4.64. The number of fused-ring (bicyclic) bond motifs is 1. The van der Waals surface area contributed by atoms with E-state index < -0.39 is 11.9 Å². The van der Waals surface area contributed by atoms with Crippen LogP contribution in [0.5, 0.6) is 5.75 Å². The smallest absolute Gasteiger partial charge is 0.322 e. The highest BCUT2D eigenvalue weighted by Gasteiger charge is 2.40. The van der Waals surface area contributed by atoms with Crippen LogP contribution in [0.2, 0.25) is 0 Å². The molecule has 0 fully saturated rings. The van der Waals surface area contributed by atoms with E-state index >= 15 is 0 Å². The quantitative estimate of drug-likeness (QED) is 0.465. The summed E-state index contributed by atoms with van der Waals surface area (Å²) in [4.78, 5) is 35.2. The summed E-state index contributed by atoms with van der Waals surface area (Å²) in [5.41, 5.74) is 0.414. The van der Waals surface area contributed by atoms with Crippen LogP contribution >= 0.6 is 0 Å². The Hall–Kier alpha value is -1.97. The van der Waals surface area contributed by atoms with Crippen LogP contribution in [0.25, 0.3) is 0 Å². The Morgan fingerprint density at radius 3 is 2.67 bits per heavy atom. The van der Waals surface area contributed by atoms with Crippen molar-refractivity contribution in [2.75, 3.05) is 0 Å². The molecule has 1 heterocycles. The maximum absolute atomic E-state index is 12.2. The fourth-order valence-electron chi connectivity index (χ4n) is 2.27. The summed E-state index contributed by atoms with van der Waals surface area (Å²) in [5.74, 6) is -1.76. The van der Waals surface area contributed by atoms with Crippen LogP contribution in [0.4, 0.5) is 0 Å². The first-order valence-electron chi connectivity index (χ1n) is 5.85. The summed E-state index contributed by atoms with van der Waals surface area (Å²) in [7, 11) is 0. The van der Waals surface area contributed by atoms with Gasteiger partial charge in [0.2, 0.25) is 0 Å². The Morgan fingerprint density at radius 2 is 2.00 bits per heavy atom. The van der Waals surface area contributed by atoms with Crippen molar-refractivity contribution in [2.45, 2.75) is 20.3 Å². The standard InChI is InChI=1S/C14H14O4/c1-8(7-9(2)15)12-13(16)10-5-3-4-6-11(10)18-14(12)17/h3-6,8,12H,7H2,1-2H3. The minimum Gasteiger partial charge on any atom is -0.425 e. The lowest BCUT2D eigenvalue weighted by Crippen LogP contribution is -2.38. The fourth-order valence-corrected chi connectivity index (χ4v) is 2.27. The number of para-hydroxylation sites is 1. The second-order valence-corrected chi connectivity index (χ2v) is 4.64. The molecule has 0 bridgehead atoms. The number of carbonyl (C=O) groups excluding carboxylic acids is 3. The van der Waals surface area contributed by atoms with Crippen LogP contribution in [-0.4, -0.2) is 17.5 Å². The number of hydrogen-bond donors (Lipinski definition) is 0. The van der Waals surface area contributed by atoms with E-state index in [9.17, 15) is 14.4 Å². The number of ketones is 2. The summed E-state index contributed by atoms with van der Waals surface area (Å²) < 4.78 is 5.15. The highest BCUT2D eigenvalue weighted by molar-refractivity contribution is 6.13. The Bertz CT molecular complexity index is 518. The molecule has 0 spiro atoms. The van der Waals surface area contributed by atoms with Gasteiger partial charge in [0.1, 0.15) is 17.5 Å². The average molecular weight is 246 g/mol. The number of hydrogen-bond acceptors (Lipinski definition) is 4. The normalized spacial score (nSPS) is 20.0. The first-order chi connectivity index (χ1) is 8.50. The van der Waals surface area contributed by atoms with E-state index in [0.717, 1.165) is 0 Å². The molecule has 0 amide bonds. The fraction of sp³-hybridized carbons (Fsp3) is 0.357. The number of rotatable bonds is 3. The zero-order chi connectivity index (χ0) is 13.3. The van der Waals surface area contributed by atoms with Gasteiger partial charge < -0.3 is 9.53 Å². The van der Waals surface area contributed by atoms with Crippen LogP contribution in [0.1, 0.15) is 30.6 Å². The van der Waals surface area contributed by atoms with Gasteiger partial charge in [-0.15, -0.1) is 0 Å². The van der Waals surface area contributed by atoms with Crippen molar-refractivity contribution in [1.82, 2.24) is 0 Å². The summed E-state index contributed by atoms with van der Waals surface area (Å²) in [6.07, 6.45) is 0.202. The monoisotopic (exact) mass is 246 g/mol. The molecule has 4 heteroatoms. The molecule has 94 valence electrons.